The predicted octanol–water partition coefficient (Wildman–Crippen LogP) is 4.60. The highest BCUT2D eigenvalue weighted by Crippen LogP contribution is 2.26. The molecule has 1 aliphatic heterocycles. The molecule has 0 unspecified atom stereocenters. The monoisotopic (exact) mass is 445 g/mol. The van der Waals surface area contributed by atoms with Crippen LogP contribution in [-0.2, 0) is 6.61 Å². The molecule has 0 aliphatic carbocycles. The summed E-state index contributed by atoms with van der Waals surface area (Å²) in [6, 6.07) is 17.3. The smallest absolute Gasteiger partial charge is 0.326 e. The van der Waals surface area contributed by atoms with Crippen molar-refractivity contribution in [2.24, 2.45) is 0 Å². The number of benzene rings is 2. The Balaban J connectivity index is 1.21. The fourth-order valence-corrected chi connectivity index (χ4v) is 4.60. The highest BCUT2D eigenvalue weighted by molar-refractivity contribution is 5.91. The number of para-hydroxylation sites is 2. The average molecular weight is 446 g/mol. The molecule has 3 heterocycles. The van der Waals surface area contributed by atoms with Crippen LogP contribution in [0.2, 0.25) is 0 Å². The van der Waals surface area contributed by atoms with Gasteiger partial charge in [0.1, 0.15) is 18.1 Å². The van der Waals surface area contributed by atoms with Crippen molar-refractivity contribution in [1.29, 1.82) is 0 Å². The number of piperidine rings is 1. The first-order valence-electron chi connectivity index (χ1n) is 11.3. The second-order valence-corrected chi connectivity index (χ2v) is 8.66. The van der Waals surface area contributed by atoms with Crippen LogP contribution in [0.3, 0.4) is 0 Å². The summed E-state index contributed by atoms with van der Waals surface area (Å²) in [6.45, 7) is 5.47. The molecule has 7 nitrogen and oxygen atoms in total. The summed E-state index contributed by atoms with van der Waals surface area (Å²) in [5.41, 5.74) is 3.90. The van der Waals surface area contributed by atoms with E-state index in [1.54, 1.807) is 17.0 Å². The number of aryl methyl sites for hydroxylation is 2. The van der Waals surface area contributed by atoms with Gasteiger partial charge in [0.2, 0.25) is 0 Å². The second kappa shape index (κ2) is 8.65. The Bertz CT molecular complexity index is 1360. The fourth-order valence-electron chi connectivity index (χ4n) is 4.60. The van der Waals surface area contributed by atoms with Gasteiger partial charge < -0.3 is 19.0 Å². The SMILES string of the molecule is Cc1ccc(OCc2ccc(C(=O)N3CCC(n4c(=O)[nH]c5ccccc54)CC3)o2)c(C)c1. The van der Waals surface area contributed by atoms with E-state index in [9.17, 15) is 9.59 Å². The minimum absolute atomic E-state index is 0.0658. The van der Waals surface area contributed by atoms with Crippen LogP contribution in [0.25, 0.3) is 11.0 Å². The lowest BCUT2D eigenvalue weighted by molar-refractivity contribution is 0.0659. The number of aromatic nitrogens is 2. The Morgan fingerprint density at radius 2 is 1.88 bits per heavy atom. The third-order valence-corrected chi connectivity index (χ3v) is 6.31. The molecule has 0 radical (unpaired) electrons. The van der Waals surface area contributed by atoms with E-state index in [4.69, 9.17) is 9.15 Å². The number of furan rings is 1. The van der Waals surface area contributed by atoms with Crippen molar-refractivity contribution in [3.63, 3.8) is 0 Å². The summed E-state index contributed by atoms with van der Waals surface area (Å²) < 4.78 is 13.5. The maximum absolute atomic E-state index is 13.0. The molecule has 5 rings (SSSR count). The number of aromatic amines is 1. The molecule has 2 aromatic carbocycles. The molecule has 0 saturated carbocycles. The van der Waals surface area contributed by atoms with Gasteiger partial charge in [0, 0.05) is 19.1 Å². The molecule has 33 heavy (non-hydrogen) atoms. The second-order valence-electron chi connectivity index (χ2n) is 8.66. The molecule has 1 amide bonds. The van der Waals surface area contributed by atoms with Gasteiger partial charge in [-0.3, -0.25) is 9.36 Å². The van der Waals surface area contributed by atoms with E-state index < -0.39 is 0 Å². The zero-order valence-corrected chi connectivity index (χ0v) is 18.8. The minimum atomic E-state index is -0.127. The lowest BCUT2D eigenvalue weighted by atomic mass is 10.0. The molecule has 7 heteroatoms. The number of hydrogen-bond donors (Lipinski definition) is 1. The zero-order chi connectivity index (χ0) is 22.9. The minimum Gasteiger partial charge on any atom is -0.485 e. The van der Waals surface area contributed by atoms with Crippen molar-refractivity contribution in [3.8, 4) is 5.75 Å². The summed E-state index contributed by atoms with van der Waals surface area (Å²) in [5.74, 6) is 1.60. The summed E-state index contributed by atoms with van der Waals surface area (Å²) >= 11 is 0. The van der Waals surface area contributed by atoms with Crippen LogP contribution in [0, 0.1) is 13.8 Å². The first-order chi connectivity index (χ1) is 16.0. The third kappa shape index (κ3) is 4.18. The normalized spacial score (nSPS) is 14.7. The number of imidazole rings is 1. The van der Waals surface area contributed by atoms with Crippen LogP contribution in [-0.4, -0.2) is 33.4 Å². The molecule has 1 fully saturated rings. The van der Waals surface area contributed by atoms with Gasteiger partial charge in [-0.1, -0.05) is 29.8 Å². The Morgan fingerprint density at radius 1 is 1.09 bits per heavy atom. The zero-order valence-electron chi connectivity index (χ0n) is 18.8. The summed E-state index contributed by atoms with van der Waals surface area (Å²) in [4.78, 5) is 30.2. The first kappa shape index (κ1) is 21.1. The van der Waals surface area contributed by atoms with E-state index in [0.717, 1.165) is 35.2 Å². The largest absolute Gasteiger partial charge is 0.485 e. The van der Waals surface area contributed by atoms with Crippen LogP contribution in [0.1, 0.15) is 46.3 Å². The first-order valence-corrected chi connectivity index (χ1v) is 11.3. The predicted molar refractivity (Wildman–Crippen MR) is 126 cm³/mol. The van der Waals surface area contributed by atoms with E-state index in [2.05, 4.69) is 11.1 Å². The number of nitrogens with zero attached hydrogens (tertiary/aromatic N) is 2. The Kier molecular flexibility index (Phi) is 5.54. The third-order valence-electron chi connectivity index (χ3n) is 6.31. The number of fused-ring (bicyclic) bond motifs is 1. The quantitative estimate of drug-likeness (QED) is 0.487. The molecule has 2 aromatic heterocycles. The van der Waals surface area contributed by atoms with Crippen molar-refractivity contribution in [3.05, 3.63) is 87.7 Å². The molecular weight excluding hydrogens is 418 g/mol. The number of rotatable bonds is 5. The number of amides is 1. The van der Waals surface area contributed by atoms with E-state index in [0.29, 0.717) is 24.6 Å². The topological polar surface area (TPSA) is 80.5 Å². The highest BCUT2D eigenvalue weighted by Gasteiger charge is 2.28. The molecule has 0 atom stereocenters. The summed E-state index contributed by atoms with van der Waals surface area (Å²) in [6.07, 6.45) is 1.44. The van der Waals surface area contributed by atoms with Crippen molar-refractivity contribution in [2.45, 2.75) is 39.3 Å². The maximum atomic E-state index is 13.0. The van der Waals surface area contributed by atoms with Crippen LogP contribution in [0.4, 0.5) is 0 Å². The van der Waals surface area contributed by atoms with Gasteiger partial charge in [0.05, 0.1) is 11.0 Å². The van der Waals surface area contributed by atoms with Gasteiger partial charge in [-0.05, 0) is 62.6 Å². The summed E-state index contributed by atoms with van der Waals surface area (Å²) in [7, 11) is 0. The standard InChI is InChI=1S/C26H27N3O4/c1-17-7-9-23(18(2)15-17)32-16-20-8-10-24(33-20)25(30)28-13-11-19(12-14-28)29-22-6-4-3-5-21(22)27-26(29)31/h3-10,15,19H,11-14,16H2,1-2H3,(H,27,31). The van der Waals surface area contributed by atoms with Crippen molar-refractivity contribution in [2.75, 3.05) is 13.1 Å². The van der Waals surface area contributed by atoms with E-state index in [-0.39, 0.29) is 24.2 Å². The highest BCUT2D eigenvalue weighted by atomic mass is 16.5. The Morgan fingerprint density at radius 3 is 2.67 bits per heavy atom. The molecule has 1 aliphatic rings. The number of H-pyrrole nitrogens is 1. The van der Waals surface area contributed by atoms with Crippen molar-refractivity contribution < 1.29 is 13.9 Å². The number of ether oxygens (including phenoxy) is 1. The molecule has 1 N–H and O–H groups in total. The Labute approximate surface area is 191 Å². The van der Waals surface area contributed by atoms with Crippen LogP contribution >= 0.6 is 0 Å². The van der Waals surface area contributed by atoms with Crippen molar-refractivity contribution in [1.82, 2.24) is 14.5 Å². The molecule has 4 aromatic rings. The maximum Gasteiger partial charge on any atom is 0.326 e. The number of carbonyl (C=O) groups excluding carboxylic acids is 1. The van der Waals surface area contributed by atoms with Crippen LogP contribution < -0.4 is 10.4 Å². The van der Waals surface area contributed by atoms with Gasteiger partial charge in [0.25, 0.3) is 5.91 Å². The van der Waals surface area contributed by atoms with E-state index >= 15 is 0 Å². The van der Waals surface area contributed by atoms with Crippen molar-refractivity contribution >= 4 is 16.9 Å². The number of nitrogens with one attached hydrogen (secondary N) is 1. The molecule has 170 valence electrons. The number of hydrogen-bond acceptors (Lipinski definition) is 4. The van der Waals surface area contributed by atoms with Gasteiger partial charge in [-0.25, -0.2) is 4.79 Å². The van der Waals surface area contributed by atoms with Gasteiger partial charge in [0.15, 0.2) is 5.76 Å². The van der Waals surface area contributed by atoms with Gasteiger partial charge >= 0.3 is 5.69 Å². The van der Waals surface area contributed by atoms with E-state index in [1.165, 1.54) is 5.56 Å². The lowest BCUT2D eigenvalue weighted by Crippen LogP contribution is -2.40. The van der Waals surface area contributed by atoms with Crippen LogP contribution in [0.15, 0.2) is 63.8 Å². The lowest BCUT2D eigenvalue weighted by Gasteiger charge is -2.32. The fraction of sp³-hybridized carbons (Fsp3) is 0.308. The molecule has 0 spiro atoms. The number of carbonyl (C=O) groups is 1. The van der Waals surface area contributed by atoms with Gasteiger partial charge in [-0.15, -0.1) is 0 Å². The average Bonchev–Trinajstić information content (AvgIpc) is 3.42. The number of likely N-dealkylation sites (tertiary alicyclic amines) is 1. The molecule has 0 bridgehead atoms. The van der Waals surface area contributed by atoms with E-state index in [1.807, 2.05) is 54.8 Å². The molecular formula is C26H27N3O4. The molecule has 1 saturated heterocycles. The van der Waals surface area contributed by atoms with Gasteiger partial charge in [-0.2, -0.15) is 0 Å². The Hall–Kier alpha value is -3.74. The summed E-state index contributed by atoms with van der Waals surface area (Å²) in [5, 5.41) is 0. The van der Waals surface area contributed by atoms with Crippen LogP contribution in [0.5, 0.6) is 5.75 Å².